The summed E-state index contributed by atoms with van der Waals surface area (Å²) in [6.07, 6.45) is 4.58. The maximum absolute atomic E-state index is 13.2. The van der Waals surface area contributed by atoms with Crippen molar-refractivity contribution in [2.45, 2.75) is 13.0 Å². The van der Waals surface area contributed by atoms with Crippen molar-refractivity contribution in [2.75, 3.05) is 13.6 Å². The predicted octanol–water partition coefficient (Wildman–Crippen LogP) is 2.30. The summed E-state index contributed by atoms with van der Waals surface area (Å²) in [4.78, 5) is 4.13. The van der Waals surface area contributed by atoms with Crippen LogP contribution in [-0.4, -0.2) is 23.1 Å². The number of benzene rings is 1. The van der Waals surface area contributed by atoms with E-state index in [1.165, 1.54) is 12.1 Å². The average Bonchev–Trinajstić information content (AvgIpc) is 2.78. The molecule has 0 unspecified atom stereocenters. The third kappa shape index (κ3) is 2.91. The molecule has 0 bridgehead atoms. The zero-order valence-corrected chi connectivity index (χ0v) is 9.86. The van der Waals surface area contributed by atoms with Crippen molar-refractivity contribution >= 4 is 0 Å². The van der Waals surface area contributed by atoms with E-state index in [0.717, 1.165) is 30.8 Å². The fourth-order valence-corrected chi connectivity index (χ4v) is 1.81. The van der Waals surface area contributed by atoms with Crippen molar-refractivity contribution < 1.29 is 4.39 Å². The highest BCUT2D eigenvalue weighted by Crippen LogP contribution is 2.19. The van der Waals surface area contributed by atoms with Crippen LogP contribution in [0, 0.1) is 5.82 Å². The summed E-state index contributed by atoms with van der Waals surface area (Å²) in [5.74, 6) is -0.217. The van der Waals surface area contributed by atoms with Crippen LogP contribution in [0.25, 0.3) is 11.3 Å². The van der Waals surface area contributed by atoms with E-state index in [0.29, 0.717) is 0 Å². The van der Waals surface area contributed by atoms with Gasteiger partial charge in [0.2, 0.25) is 0 Å². The Labute approximate surface area is 100 Å². The van der Waals surface area contributed by atoms with Crippen molar-refractivity contribution in [3.63, 3.8) is 0 Å². The standard InChI is InChI=1S/C13H16FN3/c1-15-6-3-7-17-10-16-9-13(17)11-4-2-5-12(14)8-11/h2,4-5,8-10,15H,3,6-7H2,1H3. The molecule has 1 heterocycles. The molecule has 0 saturated carbocycles. The van der Waals surface area contributed by atoms with Gasteiger partial charge in [0.05, 0.1) is 18.2 Å². The number of nitrogens with zero attached hydrogens (tertiary/aromatic N) is 2. The molecule has 1 aromatic carbocycles. The van der Waals surface area contributed by atoms with Crippen LogP contribution >= 0.6 is 0 Å². The molecule has 3 nitrogen and oxygen atoms in total. The molecule has 0 aliphatic rings. The summed E-state index contributed by atoms with van der Waals surface area (Å²) < 4.78 is 15.2. The lowest BCUT2D eigenvalue weighted by molar-refractivity contribution is 0.614. The van der Waals surface area contributed by atoms with Crippen molar-refractivity contribution in [3.8, 4) is 11.3 Å². The van der Waals surface area contributed by atoms with E-state index in [4.69, 9.17) is 0 Å². The lowest BCUT2D eigenvalue weighted by atomic mass is 10.1. The molecule has 0 aliphatic heterocycles. The van der Waals surface area contributed by atoms with Gasteiger partial charge in [-0.05, 0) is 32.1 Å². The molecular weight excluding hydrogens is 217 g/mol. The van der Waals surface area contributed by atoms with E-state index in [1.807, 2.05) is 17.7 Å². The van der Waals surface area contributed by atoms with Crippen molar-refractivity contribution in [1.29, 1.82) is 0 Å². The molecule has 0 amide bonds. The minimum absolute atomic E-state index is 0.217. The van der Waals surface area contributed by atoms with Crippen LogP contribution in [0.15, 0.2) is 36.8 Å². The fourth-order valence-electron chi connectivity index (χ4n) is 1.81. The molecule has 2 rings (SSSR count). The monoisotopic (exact) mass is 233 g/mol. The summed E-state index contributed by atoms with van der Waals surface area (Å²) in [5, 5.41) is 3.10. The Bertz CT molecular complexity index is 479. The molecule has 90 valence electrons. The van der Waals surface area contributed by atoms with Crippen LogP contribution in [-0.2, 0) is 6.54 Å². The molecule has 0 atom stereocenters. The molecule has 1 aromatic heterocycles. The van der Waals surface area contributed by atoms with Gasteiger partial charge >= 0.3 is 0 Å². The minimum atomic E-state index is -0.217. The first-order valence-corrected chi connectivity index (χ1v) is 5.72. The Morgan fingerprint density at radius 3 is 3.06 bits per heavy atom. The van der Waals surface area contributed by atoms with Gasteiger partial charge in [-0.15, -0.1) is 0 Å². The van der Waals surface area contributed by atoms with Gasteiger partial charge in [0.1, 0.15) is 5.82 Å². The van der Waals surface area contributed by atoms with Crippen LogP contribution < -0.4 is 5.32 Å². The van der Waals surface area contributed by atoms with Gasteiger partial charge in [0.15, 0.2) is 0 Å². The summed E-state index contributed by atoms with van der Waals surface area (Å²) in [6, 6.07) is 6.60. The molecule has 17 heavy (non-hydrogen) atoms. The Morgan fingerprint density at radius 2 is 2.29 bits per heavy atom. The smallest absolute Gasteiger partial charge is 0.123 e. The maximum atomic E-state index is 13.2. The summed E-state index contributed by atoms with van der Waals surface area (Å²) in [7, 11) is 1.93. The zero-order valence-electron chi connectivity index (χ0n) is 9.86. The quantitative estimate of drug-likeness (QED) is 0.803. The molecule has 0 fully saturated rings. The molecule has 1 N–H and O–H groups in total. The van der Waals surface area contributed by atoms with Gasteiger partial charge in [-0.1, -0.05) is 12.1 Å². The molecule has 0 aliphatic carbocycles. The summed E-state index contributed by atoms with van der Waals surface area (Å²) in [5.41, 5.74) is 1.83. The van der Waals surface area contributed by atoms with Gasteiger partial charge < -0.3 is 9.88 Å². The zero-order chi connectivity index (χ0) is 12.1. The molecular formula is C13H16FN3. The topological polar surface area (TPSA) is 29.9 Å². The van der Waals surface area contributed by atoms with Gasteiger partial charge in [0.25, 0.3) is 0 Å². The second kappa shape index (κ2) is 5.59. The van der Waals surface area contributed by atoms with Crippen molar-refractivity contribution in [3.05, 3.63) is 42.6 Å². The highest BCUT2D eigenvalue weighted by molar-refractivity contribution is 5.58. The minimum Gasteiger partial charge on any atom is -0.331 e. The second-order valence-electron chi connectivity index (χ2n) is 3.94. The van der Waals surface area contributed by atoms with E-state index in [2.05, 4.69) is 10.3 Å². The van der Waals surface area contributed by atoms with Crippen LogP contribution in [0.2, 0.25) is 0 Å². The first-order chi connectivity index (χ1) is 8.31. The van der Waals surface area contributed by atoms with E-state index in [-0.39, 0.29) is 5.82 Å². The van der Waals surface area contributed by atoms with Crippen molar-refractivity contribution in [1.82, 2.24) is 14.9 Å². The van der Waals surface area contributed by atoms with E-state index < -0.39 is 0 Å². The number of hydrogen-bond donors (Lipinski definition) is 1. The first kappa shape index (κ1) is 11.8. The number of imidazole rings is 1. The SMILES string of the molecule is CNCCCn1cncc1-c1cccc(F)c1. The number of aryl methyl sites for hydroxylation is 1. The number of aromatic nitrogens is 2. The lowest BCUT2D eigenvalue weighted by Gasteiger charge is -2.08. The van der Waals surface area contributed by atoms with E-state index in [9.17, 15) is 4.39 Å². The largest absolute Gasteiger partial charge is 0.331 e. The van der Waals surface area contributed by atoms with E-state index >= 15 is 0 Å². The number of nitrogens with one attached hydrogen (secondary N) is 1. The maximum Gasteiger partial charge on any atom is 0.123 e. The van der Waals surface area contributed by atoms with Gasteiger partial charge in [-0.2, -0.15) is 0 Å². The van der Waals surface area contributed by atoms with Crippen molar-refractivity contribution in [2.24, 2.45) is 0 Å². The first-order valence-electron chi connectivity index (χ1n) is 5.72. The predicted molar refractivity (Wildman–Crippen MR) is 66.2 cm³/mol. The molecule has 4 heteroatoms. The van der Waals surface area contributed by atoms with Gasteiger partial charge in [-0.25, -0.2) is 9.37 Å². The molecule has 2 aromatic rings. The second-order valence-corrected chi connectivity index (χ2v) is 3.94. The summed E-state index contributed by atoms with van der Waals surface area (Å²) in [6.45, 7) is 1.84. The lowest BCUT2D eigenvalue weighted by Crippen LogP contribution is -2.11. The van der Waals surface area contributed by atoms with Crippen LogP contribution in [0.3, 0.4) is 0 Å². The van der Waals surface area contributed by atoms with Gasteiger partial charge in [0, 0.05) is 12.1 Å². The average molecular weight is 233 g/mol. The van der Waals surface area contributed by atoms with Crippen LogP contribution in [0.5, 0.6) is 0 Å². The Hall–Kier alpha value is -1.68. The third-order valence-corrected chi connectivity index (χ3v) is 2.66. The highest BCUT2D eigenvalue weighted by atomic mass is 19.1. The highest BCUT2D eigenvalue weighted by Gasteiger charge is 2.05. The number of halogens is 1. The normalized spacial score (nSPS) is 10.7. The van der Waals surface area contributed by atoms with Crippen LogP contribution in [0.1, 0.15) is 6.42 Å². The fraction of sp³-hybridized carbons (Fsp3) is 0.308. The molecule has 0 saturated heterocycles. The number of hydrogen-bond acceptors (Lipinski definition) is 2. The molecule has 0 radical (unpaired) electrons. The van der Waals surface area contributed by atoms with E-state index in [1.54, 1.807) is 18.6 Å². The summed E-state index contributed by atoms with van der Waals surface area (Å²) >= 11 is 0. The third-order valence-electron chi connectivity index (χ3n) is 2.66. The van der Waals surface area contributed by atoms with Gasteiger partial charge in [-0.3, -0.25) is 0 Å². The number of rotatable bonds is 5. The Morgan fingerprint density at radius 1 is 1.41 bits per heavy atom. The Kier molecular flexibility index (Phi) is 3.88. The Balaban J connectivity index is 2.18. The molecule has 0 spiro atoms. The van der Waals surface area contributed by atoms with Crippen LogP contribution in [0.4, 0.5) is 4.39 Å².